The monoisotopic (exact) mass is 713 g/mol. The van der Waals surface area contributed by atoms with Crippen LogP contribution in [-0.4, -0.2) is 73.2 Å². The van der Waals surface area contributed by atoms with E-state index in [2.05, 4.69) is 10.3 Å². The molecule has 0 unspecified atom stereocenters. The van der Waals surface area contributed by atoms with E-state index < -0.39 is 51.8 Å². The van der Waals surface area contributed by atoms with Crippen LogP contribution in [0.1, 0.15) is 74.4 Å². The van der Waals surface area contributed by atoms with E-state index in [0.29, 0.717) is 31.6 Å². The molecule has 3 atom stereocenters. The molecule has 2 amide bonds. The van der Waals surface area contributed by atoms with Gasteiger partial charge in [0.05, 0.1) is 23.2 Å². The number of pyridine rings is 1. The standard InChI is InChI=1S/C37H42ClF2N3O7/c1-36(2,3)50-35(45)43-15-10-13-27(43)37(22-11-6-5-7-12-22)20-23-26(49-37)19-25(39)31(38)29(23)30-24(33(44)41-4)21-42-34(32(30)40)48-18-17-47-28-14-8-9-16-46-28/h5-7,11-12,19,21,27-28H,8-10,13-18,20H2,1-4H3,(H,41,44)/t27-,28-,37-/m0/s1. The van der Waals surface area contributed by atoms with Crippen molar-refractivity contribution in [1.29, 1.82) is 0 Å². The number of nitrogens with zero attached hydrogens (tertiary/aromatic N) is 2. The Labute approximate surface area is 295 Å². The topological polar surface area (TPSA) is 108 Å². The lowest BCUT2D eigenvalue weighted by atomic mass is 9.80. The molecule has 3 aliphatic heterocycles. The van der Waals surface area contributed by atoms with Gasteiger partial charge in [-0.15, -0.1) is 0 Å². The second-order valence-electron chi connectivity index (χ2n) is 13.7. The molecule has 0 radical (unpaired) electrons. The Hall–Kier alpha value is -4.00. The van der Waals surface area contributed by atoms with Gasteiger partial charge in [0.15, 0.2) is 17.7 Å². The number of halogens is 3. The SMILES string of the molecule is CNC(=O)c1cnc(OCCO[C@H]2CCCCO2)c(F)c1-c1c(Cl)c(F)cc2c1C[C@](c1ccccc1)([C@@H]1CCCN1C(=O)OC(C)(C)C)O2. The van der Waals surface area contributed by atoms with Crippen molar-refractivity contribution in [2.24, 2.45) is 0 Å². The Morgan fingerprint density at radius 1 is 1.10 bits per heavy atom. The Bertz CT molecular complexity index is 1730. The van der Waals surface area contributed by atoms with Gasteiger partial charge in [0.1, 0.15) is 23.8 Å². The molecule has 6 rings (SSSR count). The first kappa shape index (κ1) is 35.8. The summed E-state index contributed by atoms with van der Waals surface area (Å²) in [4.78, 5) is 32.5. The molecule has 3 aromatic rings. The summed E-state index contributed by atoms with van der Waals surface area (Å²) in [5, 5.41) is 2.11. The second-order valence-corrected chi connectivity index (χ2v) is 14.0. The summed E-state index contributed by atoms with van der Waals surface area (Å²) < 4.78 is 62.0. The molecule has 10 nitrogen and oxygen atoms in total. The number of carbonyl (C=O) groups excluding carboxylic acids is 2. The van der Waals surface area contributed by atoms with Gasteiger partial charge in [-0.2, -0.15) is 0 Å². The van der Waals surface area contributed by atoms with E-state index in [1.54, 1.807) is 25.7 Å². The number of fused-ring (bicyclic) bond motifs is 1. The third-order valence-electron chi connectivity index (χ3n) is 9.17. The smallest absolute Gasteiger partial charge is 0.410 e. The largest absolute Gasteiger partial charge is 0.480 e. The van der Waals surface area contributed by atoms with E-state index >= 15 is 8.78 Å². The molecule has 0 spiro atoms. The molecular formula is C37H42ClF2N3O7. The highest BCUT2D eigenvalue weighted by atomic mass is 35.5. The van der Waals surface area contributed by atoms with Crippen LogP contribution in [0.15, 0.2) is 42.6 Å². The van der Waals surface area contributed by atoms with Crippen molar-refractivity contribution in [2.75, 3.05) is 33.4 Å². The van der Waals surface area contributed by atoms with Crippen molar-refractivity contribution in [3.8, 4) is 22.8 Å². The van der Waals surface area contributed by atoms with Crippen molar-refractivity contribution in [1.82, 2.24) is 15.2 Å². The van der Waals surface area contributed by atoms with Gasteiger partial charge in [-0.1, -0.05) is 41.9 Å². The minimum absolute atomic E-state index is 0.0556. The summed E-state index contributed by atoms with van der Waals surface area (Å²) >= 11 is 6.71. The lowest BCUT2D eigenvalue weighted by molar-refractivity contribution is -0.165. The van der Waals surface area contributed by atoms with Gasteiger partial charge in [-0.3, -0.25) is 4.79 Å². The minimum atomic E-state index is -1.22. The minimum Gasteiger partial charge on any atom is -0.480 e. The summed E-state index contributed by atoms with van der Waals surface area (Å²) in [7, 11) is 1.39. The zero-order valence-corrected chi connectivity index (χ0v) is 29.4. The summed E-state index contributed by atoms with van der Waals surface area (Å²) in [6.45, 7) is 6.48. The number of rotatable bonds is 9. The predicted molar refractivity (Wildman–Crippen MR) is 181 cm³/mol. The zero-order chi connectivity index (χ0) is 35.6. The summed E-state index contributed by atoms with van der Waals surface area (Å²) in [6.07, 6.45) is 4.34. The quantitative estimate of drug-likeness (QED) is 0.232. The zero-order valence-electron chi connectivity index (χ0n) is 28.7. The molecule has 0 saturated carbocycles. The molecule has 4 heterocycles. The number of ether oxygens (including phenoxy) is 5. The van der Waals surface area contributed by atoms with Gasteiger partial charge < -0.3 is 33.9 Å². The Morgan fingerprint density at radius 2 is 1.88 bits per heavy atom. The number of hydrogen-bond acceptors (Lipinski definition) is 8. The van der Waals surface area contributed by atoms with E-state index in [0.717, 1.165) is 24.8 Å². The average molecular weight is 714 g/mol. The van der Waals surface area contributed by atoms with Gasteiger partial charge in [-0.05, 0) is 58.4 Å². The molecule has 0 aliphatic carbocycles. The first-order valence-electron chi connectivity index (χ1n) is 17.0. The fourth-order valence-electron chi connectivity index (χ4n) is 6.99. The Kier molecular flexibility index (Phi) is 10.5. The molecule has 13 heteroatoms. The molecule has 0 bridgehead atoms. The number of aromatic nitrogens is 1. The van der Waals surface area contributed by atoms with E-state index in [4.69, 9.17) is 35.3 Å². The van der Waals surface area contributed by atoms with E-state index in [1.807, 2.05) is 30.3 Å². The fourth-order valence-corrected chi connectivity index (χ4v) is 7.26. The molecule has 3 aliphatic rings. The molecule has 2 fully saturated rings. The molecule has 2 aromatic carbocycles. The van der Waals surface area contributed by atoms with Crippen LogP contribution in [0.2, 0.25) is 5.02 Å². The first-order chi connectivity index (χ1) is 23.9. The molecule has 1 aromatic heterocycles. The van der Waals surface area contributed by atoms with Crippen LogP contribution in [0.4, 0.5) is 13.6 Å². The van der Waals surface area contributed by atoms with Gasteiger partial charge in [-0.25, -0.2) is 18.6 Å². The van der Waals surface area contributed by atoms with E-state index in [-0.39, 0.29) is 48.4 Å². The molecule has 50 heavy (non-hydrogen) atoms. The maximum atomic E-state index is 16.7. The Morgan fingerprint density at radius 3 is 2.58 bits per heavy atom. The summed E-state index contributed by atoms with van der Waals surface area (Å²) in [6, 6.07) is 9.96. The van der Waals surface area contributed by atoms with Crippen molar-refractivity contribution in [3.05, 3.63) is 75.9 Å². The van der Waals surface area contributed by atoms with E-state index in [1.165, 1.54) is 19.3 Å². The molecule has 1 N–H and O–H groups in total. The Balaban J connectivity index is 1.42. The van der Waals surface area contributed by atoms with Crippen LogP contribution in [-0.2, 0) is 26.2 Å². The number of carbonyl (C=O) groups is 2. The molecule has 2 saturated heterocycles. The van der Waals surface area contributed by atoms with Crippen LogP contribution in [0.3, 0.4) is 0 Å². The van der Waals surface area contributed by atoms with Crippen molar-refractivity contribution in [2.45, 2.75) is 82.8 Å². The predicted octanol–water partition coefficient (Wildman–Crippen LogP) is 7.19. The van der Waals surface area contributed by atoms with Crippen molar-refractivity contribution >= 4 is 23.6 Å². The second kappa shape index (κ2) is 14.7. The number of nitrogens with one attached hydrogen (secondary N) is 1. The number of benzene rings is 2. The highest BCUT2D eigenvalue weighted by Gasteiger charge is 2.54. The van der Waals surface area contributed by atoms with Crippen molar-refractivity contribution in [3.63, 3.8) is 0 Å². The summed E-state index contributed by atoms with van der Waals surface area (Å²) in [5.74, 6) is -2.82. The van der Waals surface area contributed by atoms with Crippen LogP contribution >= 0.6 is 11.6 Å². The van der Waals surface area contributed by atoms with Gasteiger partial charge in [0.2, 0.25) is 0 Å². The molecule has 268 valence electrons. The highest BCUT2D eigenvalue weighted by Crippen LogP contribution is 2.53. The van der Waals surface area contributed by atoms with Crippen LogP contribution < -0.4 is 14.8 Å². The lowest BCUT2D eigenvalue weighted by Crippen LogP contribution is -2.53. The van der Waals surface area contributed by atoms with Crippen LogP contribution in [0, 0.1) is 11.6 Å². The van der Waals surface area contributed by atoms with Gasteiger partial charge >= 0.3 is 6.09 Å². The maximum absolute atomic E-state index is 16.7. The van der Waals surface area contributed by atoms with Gasteiger partial charge in [0, 0.05) is 55.6 Å². The third-order valence-corrected chi connectivity index (χ3v) is 9.54. The molecular weight excluding hydrogens is 672 g/mol. The van der Waals surface area contributed by atoms with Crippen molar-refractivity contribution < 1.29 is 42.1 Å². The van der Waals surface area contributed by atoms with Crippen LogP contribution in [0.5, 0.6) is 11.6 Å². The number of hydrogen-bond donors (Lipinski definition) is 1. The number of likely N-dealkylation sites (tertiary alicyclic amines) is 1. The number of amides is 2. The lowest BCUT2D eigenvalue weighted by Gasteiger charge is -2.40. The highest BCUT2D eigenvalue weighted by molar-refractivity contribution is 6.34. The van der Waals surface area contributed by atoms with Gasteiger partial charge in [0.25, 0.3) is 11.8 Å². The average Bonchev–Trinajstić information content (AvgIpc) is 3.74. The fraction of sp³-hybridized carbons (Fsp3) is 0.486. The van der Waals surface area contributed by atoms with Crippen LogP contribution in [0.25, 0.3) is 11.1 Å². The normalized spacial score (nSPS) is 21.8. The maximum Gasteiger partial charge on any atom is 0.410 e. The third kappa shape index (κ3) is 7.11. The first-order valence-corrected chi connectivity index (χ1v) is 17.3. The summed E-state index contributed by atoms with van der Waals surface area (Å²) in [5.41, 5.74) is -1.38. The van der Waals surface area contributed by atoms with E-state index in [9.17, 15) is 9.59 Å².